The summed E-state index contributed by atoms with van der Waals surface area (Å²) in [5.74, 6) is -1.16. The second-order valence-electron chi connectivity index (χ2n) is 6.44. The van der Waals surface area contributed by atoms with Crippen LogP contribution in [0.15, 0.2) is 65.5 Å². The fourth-order valence-corrected chi connectivity index (χ4v) is 3.80. The zero-order chi connectivity index (χ0) is 19.5. The number of carbonyl (C=O) groups excluding carboxylic acids is 3. The van der Waals surface area contributed by atoms with Gasteiger partial charge in [-0.25, -0.2) is 0 Å². The van der Waals surface area contributed by atoms with Gasteiger partial charge in [0, 0.05) is 12.7 Å². The van der Waals surface area contributed by atoms with Crippen LogP contribution in [0.25, 0.3) is 0 Å². The van der Waals surface area contributed by atoms with Gasteiger partial charge in [-0.15, -0.1) is 0 Å². The van der Waals surface area contributed by atoms with E-state index in [0.717, 1.165) is 16.2 Å². The average molecular weight is 391 g/mol. The van der Waals surface area contributed by atoms with Crippen molar-refractivity contribution in [1.82, 2.24) is 14.8 Å². The summed E-state index contributed by atoms with van der Waals surface area (Å²) < 4.78 is 0. The van der Waals surface area contributed by atoms with E-state index in [4.69, 9.17) is 0 Å². The SMILES string of the molecule is O=C(CN1C(=O)c2ccccc2C1=O)N(Cc1ccsc1)Cc1ccccn1. The molecule has 0 fully saturated rings. The second-order valence-corrected chi connectivity index (χ2v) is 7.22. The zero-order valence-electron chi connectivity index (χ0n) is 14.9. The van der Waals surface area contributed by atoms with Gasteiger partial charge in [0.05, 0.1) is 23.4 Å². The third-order valence-corrected chi connectivity index (χ3v) is 5.29. The Labute approximate surface area is 166 Å². The Kier molecular flexibility index (Phi) is 4.99. The van der Waals surface area contributed by atoms with E-state index in [9.17, 15) is 14.4 Å². The van der Waals surface area contributed by atoms with Gasteiger partial charge in [-0.2, -0.15) is 11.3 Å². The molecule has 3 aromatic rings. The van der Waals surface area contributed by atoms with Crippen LogP contribution in [0.1, 0.15) is 32.0 Å². The van der Waals surface area contributed by atoms with Gasteiger partial charge in [-0.05, 0) is 46.7 Å². The van der Waals surface area contributed by atoms with Crippen LogP contribution in [0.2, 0.25) is 0 Å². The number of benzene rings is 1. The fourth-order valence-electron chi connectivity index (χ4n) is 3.14. The highest BCUT2D eigenvalue weighted by Crippen LogP contribution is 2.23. The van der Waals surface area contributed by atoms with Crippen molar-refractivity contribution in [1.29, 1.82) is 0 Å². The van der Waals surface area contributed by atoms with Gasteiger partial charge in [-0.3, -0.25) is 24.3 Å². The summed E-state index contributed by atoms with van der Waals surface area (Å²) in [6.45, 7) is 0.407. The largest absolute Gasteiger partial charge is 0.331 e. The molecule has 0 unspecified atom stereocenters. The molecule has 0 N–H and O–H groups in total. The first-order chi connectivity index (χ1) is 13.6. The highest BCUT2D eigenvalue weighted by atomic mass is 32.1. The van der Waals surface area contributed by atoms with Crippen molar-refractivity contribution >= 4 is 29.1 Å². The van der Waals surface area contributed by atoms with Crippen molar-refractivity contribution in [3.8, 4) is 0 Å². The van der Waals surface area contributed by atoms with E-state index in [-0.39, 0.29) is 12.5 Å². The van der Waals surface area contributed by atoms with Gasteiger partial charge in [0.2, 0.25) is 5.91 Å². The van der Waals surface area contributed by atoms with Crippen molar-refractivity contribution in [3.05, 3.63) is 87.9 Å². The predicted octanol–water partition coefficient (Wildman–Crippen LogP) is 2.97. The topological polar surface area (TPSA) is 70.6 Å². The van der Waals surface area contributed by atoms with E-state index in [1.807, 2.05) is 35.0 Å². The smallest absolute Gasteiger partial charge is 0.262 e. The van der Waals surface area contributed by atoms with Crippen LogP contribution in [0.4, 0.5) is 0 Å². The van der Waals surface area contributed by atoms with E-state index >= 15 is 0 Å². The summed E-state index contributed by atoms with van der Waals surface area (Å²) >= 11 is 1.55. The Balaban J connectivity index is 1.54. The Morgan fingerprint density at radius 3 is 2.29 bits per heavy atom. The maximum atomic E-state index is 13.0. The van der Waals surface area contributed by atoms with Crippen LogP contribution in [0.5, 0.6) is 0 Å². The number of amides is 3. The van der Waals surface area contributed by atoms with Gasteiger partial charge in [0.25, 0.3) is 11.8 Å². The number of imide groups is 1. The quantitative estimate of drug-likeness (QED) is 0.606. The van der Waals surface area contributed by atoms with Crippen LogP contribution in [0, 0.1) is 0 Å². The molecule has 4 rings (SSSR count). The molecule has 2 aromatic heterocycles. The number of hydrogen-bond acceptors (Lipinski definition) is 5. The average Bonchev–Trinajstić information content (AvgIpc) is 3.31. The molecule has 0 bridgehead atoms. The lowest BCUT2D eigenvalue weighted by Crippen LogP contribution is -2.42. The minimum absolute atomic E-state index is 0.288. The predicted molar refractivity (Wildman–Crippen MR) is 105 cm³/mol. The monoisotopic (exact) mass is 391 g/mol. The van der Waals surface area contributed by atoms with Crippen molar-refractivity contribution in [2.45, 2.75) is 13.1 Å². The first-order valence-corrected chi connectivity index (χ1v) is 9.72. The van der Waals surface area contributed by atoms with E-state index in [2.05, 4.69) is 4.98 Å². The van der Waals surface area contributed by atoms with E-state index in [1.54, 1.807) is 46.7 Å². The van der Waals surface area contributed by atoms with Crippen LogP contribution in [0.3, 0.4) is 0 Å². The highest BCUT2D eigenvalue weighted by Gasteiger charge is 2.37. The standard InChI is InChI=1S/C21H17N3O3S/c25-19(13-24-20(26)17-6-1-2-7-18(17)21(24)27)23(11-15-8-10-28-14-15)12-16-5-3-4-9-22-16/h1-10,14H,11-13H2. The number of pyridine rings is 1. The number of aromatic nitrogens is 1. The zero-order valence-corrected chi connectivity index (χ0v) is 15.8. The summed E-state index contributed by atoms with van der Waals surface area (Å²) in [5, 5.41) is 3.92. The van der Waals surface area contributed by atoms with Crippen LogP contribution < -0.4 is 0 Å². The molecule has 140 valence electrons. The molecule has 0 spiro atoms. The molecule has 1 aliphatic heterocycles. The number of nitrogens with zero attached hydrogens (tertiary/aromatic N) is 3. The van der Waals surface area contributed by atoms with Gasteiger partial charge in [-0.1, -0.05) is 18.2 Å². The molecule has 7 heteroatoms. The van der Waals surface area contributed by atoms with Crippen LogP contribution in [-0.4, -0.2) is 39.1 Å². The van der Waals surface area contributed by atoms with Gasteiger partial charge in [0.15, 0.2) is 0 Å². The molecule has 0 radical (unpaired) electrons. The lowest BCUT2D eigenvalue weighted by molar-refractivity contribution is -0.132. The molecule has 1 aliphatic rings. The third-order valence-electron chi connectivity index (χ3n) is 4.56. The van der Waals surface area contributed by atoms with Gasteiger partial charge >= 0.3 is 0 Å². The first-order valence-electron chi connectivity index (χ1n) is 8.77. The van der Waals surface area contributed by atoms with Crippen molar-refractivity contribution in [3.63, 3.8) is 0 Å². The van der Waals surface area contributed by atoms with E-state index in [0.29, 0.717) is 24.2 Å². The van der Waals surface area contributed by atoms with Crippen LogP contribution in [-0.2, 0) is 17.9 Å². The minimum atomic E-state index is -0.428. The Bertz CT molecular complexity index is 983. The van der Waals surface area contributed by atoms with Crippen molar-refractivity contribution in [2.24, 2.45) is 0 Å². The number of fused-ring (bicyclic) bond motifs is 1. The third kappa shape index (κ3) is 3.57. The molecule has 0 saturated heterocycles. The van der Waals surface area contributed by atoms with Crippen LogP contribution >= 0.6 is 11.3 Å². The Morgan fingerprint density at radius 2 is 1.68 bits per heavy atom. The molecule has 0 aliphatic carbocycles. The summed E-state index contributed by atoms with van der Waals surface area (Å²) in [7, 11) is 0. The molecule has 1 aromatic carbocycles. The molecule has 3 amide bonds. The molecular formula is C21H17N3O3S. The molecule has 3 heterocycles. The summed E-state index contributed by atoms with van der Waals surface area (Å²) in [5.41, 5.74) is 2.42. The maximum absolute atomic E-state index is 13.0. The Morgan fingerprint density at radius 1 is 0.964 bits per heavy atom. The van der Waals surface area contributed by atoms with Gasteiger partial charge < -0.3 is 4.90 Å². The molecule has 0 atom stereocenters. The number of thiophene rings is 1. The first kappa shape index (κ1) is 18.1. The maximum Gasteiger partial charge on any atom is 0.262 e. The summed E-state index contributed by atoms with van der Waals surface area (Å²) in [6, 6.07) is 14.1. The van der Waals surface area contributed by atoms with Crippen molar-refractivity contribution in [2.75, 3.05) is 6.54 Å². The molecule has 6 nitrogen and oxygen atoms in total. The molecule has 0 saturated carbocycles. The highest BCUT2D eigenvalue weighted by molar-refractivity contribution is 7.07. The molecule has 28 heavy (non-hydrogen) atoms. The number of rotatable bonds is 6. The summed E-state index contributed by atoms with van der Waals surface area (Å²) in [4.78, 5) is 45.1. The molecular weight excluding hydrogens is 374 g/mol. The van der Waals surface area contributed by atoms with E-state index < -0.39 is 11.8 Å². The lowest BCUT2D eigenvalue weighted by atomic mass is 10.1. The fraction of sp³-hybridized carbons (Fsp3) is 0.143. The second kappa shape index (κ2) is 7.74. The van der Waals surface area contributed by atoms with E-state index in [1.165, 1.54) is 0 Å². The van der Waals surface area contributed by atoms with Gasteiger partial charge in [0.1, 0.15) is 6.54 Å². The normalized spacial score (nSPS) is 12.9. The lowest BCUT2D eigenvalue weighted by Gasteiger charge is -2.24. The summed E-state index contributed by atoms with van der Waals surface area (Å²) in [6.07, 6.45) is 1.67. The van der Waals surface area contributed by atoms with Crippen molar-refractivity contribution < 1.29 is 14.4 Å². The number of carbonyl (C=O) groups is 3. The minimum Gasteiger partial charge on any atom is -0.331 e. The number of hydrogen-bond donors (Lipinski definition) is 0. The Hall–Kier alpha value is -3.32.